The molecule has 6 heteroatoms. The molecule has 1 heterocycles. The summed E-state index contributed by atoms with van der Waals surface area (Å²) in [6, 6.07) is 15.3. The lowest BCUT2D eigenvalue weighted by Crippen LogP contribution is -2.45. The first-order valence-electron chi connectivity index (χ1n) is 11.1. The van der Waals surface area contributed by atoms with Crippen LogP contribution in [0.25, 0.3) is 0 Å². The van der Waals surface area contributed by atoms with Crippen LogP contribution < -0.4 is 5.32 Å². The van der Waals surface area contributed by atoms with Gasteiger partial charge in [0.05, 0.1) is 10.8 Å². The number of benzene rings is 2. The lowest BCUT2D eigenvalue weighted by atomic mass is 9.98. The maximum Gasteiger partial charge on any atom is 0.243 e. The fraction of sp³-hybridized carbons (Fsp3) is 0.480. The molecule has 168 valence electrons. The quantitative estimate of drug-likeness (QED) is 0.679. The molecule has 1 amide bonds. The van der Waals surface area contributed by atoms with Gasteiger partial charge in [-0.3, -0.25) is 4.79 Å². The largest absolute Gasteiger partial charge is 0.352 e. The molecule has 0 saturated carbocycles. The molecule has 0 radical (unpaired) electrons. The summed E-state index contributed by atoms with van der Waals surface area (Å²) >= 11 is 0. The molecule has 0 aliphatic carbocycles. The van der Waals surface area contributed by atoms with E-state index in [0.717, 1.165) is 11.1 Å². The lowest BCUT2D eigenvalue weighted by molar-refractivity contribution is -0.126. The Morgan fingerprint density at radius 2 is 1.52 bits per heavy atom. The molecule has 31 heavy (non-hydrogen) atoms. The molecule has 3 rings (SSSR count). The molecule has 1 fully saturated rings. The Balaban J connectivity index is 1.61. The summed E-state index contributed by atoms with van der Waals surface area (Å²) in [5.41, 5.74) is 3.42. The summed E-state index contributed by atoms with van der Waals surface area (Å²) in [5, 5.41) is 2.99. The van der Waals surface area contributed by atoms with Crippen LogP contribution in [0, 0.1) is 5.92 Å². The van der Waals surface area contributed by atoms with Gasteiger partial charge in [0.2, 0.25) is 15.9 Å². The van der Waals surface area contributed by atoms with Crippen LogP contribution in [0.3, 0.4) is 0 Å². The smallest absolute Gasteiger partial charge is 0.243 e. The normalized spacial score (nSPS) is 17.8. The number of sulfonamides is 1. The van der Waals surface area contributed by atoms with Gasteiger partial charge in [0.25, 0.3) is 0 Å². The monoisotopic (exact) mass is 442 g/mol. The van der Waals surface area contributed by atoms with Crippen molar-refractivity contribution in [2.75, 3.05) is 13.1 Å². The first-order chi connectivity index (χ1) is 14.7. The first-order valence-corrected chi connectivity index (χ1v) is 12.6. The summed E-state index contributed by atoms with van der Waals surface area (Å²) < 4.78 is 27.7. The Morgan fingerprint density at radius 1 is 0.968 bits per heavy atom. The third-order valence-corrected chi connectivity index (χ3v) is 7.93. The van der Waals surface area contributed by atoms with E-state index in [-0.39, 0.29) is 18.4 Å². The molecule has 1 aliphatic rings. The molecule has 1 atom stereocenters. The molecule has 2 aromatic carbocycles. The standard InChI is InChI=1S/C25H34N2O3S/c1-18(2)21-9-7-20(8-10-21)16-26-25(28)23-6-5-15-27(17-23)31(29,30)24-13-11-22(12-14-24)19(3)4/h7-14,18-19,23H,5-6,15-17H2,1-4H3,(H,26,28). The third kappa shape index (κ3) is 5.74. The van der Waals surface area contributed by atoms with Crippen molar-refractivity contribution in [2.45, 2.75) is 63.8 Å². The fourth-order valence-electron chi connectivity index (χ4n) is 3.90. The van der Waals surface area contributed by atoms with Crippen molar-refractivity contribution in [2.24, 2.45) is 5.92 Å². The van der Waals surface area contributed by atoms with Gasteiger partial charge in [0.15, 0.2) is 0 Å². The number of nitrogens with one attached hydrogen (secondary N) is 1. The van der Waals surface area contributed by atoms with E-state index in [9.17, 15) is 13.2 Å². The van der Waals surface area contributed by atoms with Crippen LogP contribution in [0.15, 0.2) is 53.4 Å². The Kier molecular flexibility index (Phi) is 7.55. The molecule has 1 N–H and O–H groups in total. The van der Waals surface area contributed by atoms with Crippen LogP contribution in [0.4, 0.5) is 0 Å². The van der Waals surface area contributed by atoms with E-state index in [1.165, 1.54) is 9.87 Å². The van der Waals surface area contributed by atoms with E-state index in [2.05, 4.69) is 45.1 Å². The predicted octanol–water partition coefficient (Wildman–Crippen LogP) is 4.65. The molecule has 2 aromatic rings. The van der Waals surface area contributed by atoms with Crippen LogP contribution >= 0.6 is 0 Å². The molecule has 1 saturated heterocycles. The summed E-state index contributed by atoms with van der Waals surface area (Å²) in [6.07, 6.45) is 1.39. The SMILES string of the molecule is CC(C)c1ccc(CNC(=O)C2CCCN(S(=O)(=O)c3ccc(C(C)C)cc3)C2)cc1. The van der Waals surface area contributed by atoms with Crippen LogP contribution in [0.1, 0.15) is 69.1 Å². The maximum atomic E-state index is 13.1. The topological polar surface area (TPSA) is 66.5 Å². The molecule has 0 aromatic heterocycles. The minimum absolute atomic E-state index is 0.0806. The van der Waals surface area contributed by atoms with Gasteiger partial charge in [-0.1, -0.05) is 64.1 Å². The van der Waals surface area contributed by atoms with Crippen molar-refractivity contribution in [3.8, 4) is 0 Å². The van der Waals surface area contributed by atoms with Gasteiger partial charge >= 0.3 is 0 Å². The maximum absolute atomic E-state index is 13.1. The van der Waals surface area contributed by atoms with Crippen molar-refractivity contribution < 1.29 is 13.2 Å². The van der Waals surface area contributed by atoms with Crippen LogP contribution in [0.2, 0.25) is 0 Å². The second-order valence-corrected chi connectivity index (χ2v) is 11.0. The fourth-order valence-corrected chi connectivity index (χ4v) is 5.43. The molecular formula is C25H34N2O3S. The lowest BCUT2D eigenvalue weighted by Gasteiger charge is -2.31. The van der Waals surface area contributed by atoms with Crippen molar-refractivity contribution >= 4 is 15.9 Å². The summed E-state index contributed by atoms with van der Waals surface area (Å²) in [7, 11) is -3.60. The van der Waals surface area contributed by atoms with Gasteiger partial charge < -0.3 is 5.32 Å². The van der Waals surface area contributed by atoms with Crippen LogP contribution in [-0.4, -0.2) is 31.7 Å². The number of hydrogen-bond acceptors (Lipinski definition) is 3. The van der Waals surface area contributed by atoms with Crippen molar-refractivity contribution in [1.82, 2.24) is 9.62 Å². The van der Waals surface area contributed by atoms with Gasteiger partial charge in [0, 0.05) is 19.6 Å². The average molecular weight is 443 g/mol. The number of carbonyl (C=O) groups excluding carboxylic acids is 1. The average Bonchev–Trinajstić information content (AvgIpc) is 2.77. The summed E-state index contributed by atoms with van der Waals surface area (Å²) in [4.78, 5) is 13.0. The van der Waals surface area contributed by atoms with Gasteiger partial charge in [-0.25, -0.2) is 8.42 Å². The minimum atomic E-state index is -3.60. The van der Waals surface area contributed by atoms with Gasteiger partial charge in [0.1, 0.15) is 0 Å². The minimum Gasteiger partial charge on any atom is -0.352 e. The molecule has 5 nitrogen and oxygen atoms in total. The van der Waals surface area contributed by atoms with E-state index in [1.54, 1.807) is 12.1 Å². The number of carbonyl (C=O) groups is 1. The molecular weight excluding hydrogens is 408 g/mol. The summed E-state index contributed by atoms with van der Waals surface area (Å²) in [6.45, 7) is 9.60. The number of hydrogen-bond donors (Lipinski definition) is 1. The van der Waals surface area contributed by atoms with Crippen LogP contribution in [-0.2, 0) is 21.4 Å². The van der Waals surface area contributed by atoms with Gasteiger partial charge in [-0.2, -0.15) is 4.31 Å². The number of rotatable bonds is 7. The zero-order valence-corrected chi connectivity index (χ0v) is 19.8. The zero-order chi connectivity index (χ0) is 22.6. The highest BCUT2D eigenvalue weighted by atomic mass is 32.2. The van der Waals surface area contributed by atoms with Crippen molar-refractivity contribution in [3.63, 3.8) is 0 Å². The van der Waals surface area contributed by atoms with Gasteiger partial charge in [-0.15, -0.1) is 0 Å². The highest BCUT2D eigenvalue weighted by Gasteiger charge is 2.33. The highest BCUT2D eigenvalue weighted by Crippen LogP contribution is 2.25. The number of amides is 1. The summed E-state index contributed by atoms with van der Waals surface area (Å²) in [5.74, 6) is 0.415. The van der Waals surface area contributed by atoms with E-state index < -0.39 is 10.0 Å². The number of nitrogens with zero attached hydrogens (tertiary/aromatic N) is 1. The van der Waals surface area contributed by atoms with Crippen molar-refractivity contribution in [1.29, 1.82) is 0 Å². The van der Waals surface area contributed by atoms with E-state index >= 15 is 0 Å². The highest BCUT2D eigenvalue weighted by molar-refractivity contribution is 7.89. The van der Waals surface area contributed by atoms with E-state index in [0.29, 0.717) is 42.7 Å². The second-order valence-electron chi connectivity index (χ2n) is 9.04. The van der Waals surface area contributed by atoms with E-state index in [1.807, 2.05) is 24.3 Å². The Hall–Kier alpha value is -2.18. The first kappa shape index (κ1) is 23.5. The van der Waals surface area contributed by atoms with Gasteiger partial charge in [-0.05, 0) is 53.5 Å². The Bertz CT molecular complexity index is 980. The van der Waals surface area contributed by atoms with Crippen LogP contribution in [0.5, 0.6) is 0 Å². The molecule has 0 spiro atoms. The second kappa shape index (κ2) is 9.96. The Morgan fingerprint density at radius 3 is 2.06 bits per heavy atom. The van der Waals surface area contributed by atoms with E-state index in [4.69, 9.17) is 0 Å². The number of piperidine rings is 1. The molecule has 1 unspecified atom stereocenters. The Labute approximate surface area is 186 Å². The molecule has 1 aliphatic heterocycles. The van der Waals surface area contributed by atoms with Crippen molar-refractivity contribution in [3.05, 3.63) is 65.2 Å². The predicted molar refractivity (Wildman–Crippen MR) is 124 cm³/mol. The zero-order valence-electron chi connectivity index (χ0n) is 19.0. The molecule has 0 bridgehead atoms. The third-order valence-electron chi connectivity index (χ3n) is 6.05.